The zero-order chi connectivity index (χ0) is 22.6. The SMILES string of the molecule is O=C(CS(=O)(=O)c1ccccc1)N(CCCN1CCOCC1)c1nc2ccc(F)cc2s1. The summed E-state index contributed by atoms with van der Waals surface area (Å²) in [6, 6.07) is 12.2. The van der Waals surface area contributed by atoms with E-state index in [9.17, 15) is 17.6 Å². The third-order valence-electron chi connectivity index (χ3n) is 5.25. The van der Waals surface area contributed by atoms with Crippen molar-refractivity contribution < 1.29 is 22.3 Å². The van der Waals surface area contributed by atoms with Crippen LogP contribution >= 0.6 is 11.3 Å². The highest BCUT2D eigenvalue weighted by atomic mass is 32.2. The van der Waals surface area contributed by atoms with E-state index in [-0.39, 0.29) is 10.7 Å². The van der Waals surface area contributed by atoms with Gasteiger partial charge in [-0.3, -0.25) is 14.6 Å². The molecule has 1 aliphatic rings. The third kappa shape index (κ3) is 5.50. The first-order chi connectivity index (χ1) is 15.4. The lowest BCUT2D eigenvalue weighted by Crippen LogP contribution is -2.40. The highest BCUT2D eigenvalue weighted by Gasteiger charge is 2.26. The molecular weight excluding hydrogens is 453 g/mol. The van der Waals surface area contributed by atoms with Crippen LogP contribution in [0.15, 0.2) is 53.4 Å². The van der Waals surface area contributed by atoms with Crippen molar-refractivity contribution in [1.29, 1.82) is 0 Å². The van der Waals surface area contributed by atoms with Crippen LogP contribution in [-0.4, -0.2) is 69.4 Å². The summed E-state index contributed by atoms with van der Waals surface area (Å²) in [5.41, 5.74) is 0.572. The fourth-order valence-electron chi connectivity index (χ4n) is 3.56. The number of fused-ring (bicyclic) bond motifs is 1. The lowest BCUT2D eigenvalue weighted by Gasteiger charge is -2.27. The third-order valence-corrected chi connectivity index (χ3v) is 7.91. The number of anilines is 1. The fraction of sp³-hybridized carbons (Fsp3) is 0.364. The minimum Gasteiger partial charge on any atom is -0.379 e. The van der Waals surface area contributed by atoms with Crippen molar-refractivity contribution in [3.8, 4) is 0 Å². The monoisotopic (exact) mass is 477 g/mol. The summed E-state index contributed by atoms with van der Waals surface area (Å²) in [6.07, 6.45) is 0.654. The minimum atomic E-state index is -3.80. The van der Waals surface area contributed by atoms with Gasteiger partial charge >= 0.3 is 0 Å². The largest absolute Gasteiger partial charge is 0.379 e. The molecule has 7 nitrogen and oxygen atoms in total. The Morgan fingerprint density at radius 2 is 1.91 bits per heavy atom. The first-order valence-corrected chi connectivity index (χ1v) is 12.8. The Kier molecular flexibility index (Phi) is 7.14. The summed E-state index contributed by atoms with van der Waals surface area (Å²) < 4.78 is 45.2. The molecular formula is C22H24FN3O4S2. The predicted molar refractivity (Wildman–Crippen MR) is 122 cm³/mol. The Labute approximate surface area is 190 Å². The van der Waals surface area contributed by atoms with Gasteiger partial charge in [0.1, 0.15) is 11.6 Å². The Hall–Kier alpha value is -2.40. The summed E-state index contributed by atoms with van der Waals surface area (Å²) in [5, 5.41) is 0.376. The molecule has 1 amide bonds. The van der Waals surface area contributed by atoms with Gasteiger partial charge < -0.3 is 4.74 Å². The Bertz CT molecular complexity index is 1180. The van der Waals surface area contributed by atoms with Gasteiger partial charge in [-0.15, -0.1) is 0 Å². The quantitative estimate of drug-likeness (QED) is 0.496. The van der Waals surface area contributed by atoms with Crippen molar-refractivity contribution in [3.63, 3.8) is 0 Å². The number of hydrogen-bond acceptors (Lipinski definition) is 7. The standard InChI is InChI=1S/C22H24FN3O4S2/c23-17-7-8-19-20(15-17)31-22(24-19)26(10-4-9-25-11-13-30-14-12-25)21(27)16-32(28,29)18-5-2-1-3-6-18/h1-3,5-8,15H,4,9-14,16H2. The van der Waals surface area contributed by atoms with E-state index in [2.05, 4.69) is 9.88 Å². The van der Waals surface area contributed by atoms with Crippen LogP contribution in [0, 0.1) is 5.82 Å². The van der Waals surface area contributed by atoms with Gasteiger partial charge in [0.2, 0.25) is 5.91 Å². The van der Waals surface area contributed by atoms with Crippen LogP contribution in [0.5, 0.6) is 0 Å². The molecule has 0 bridgehead atoms. The summed E-state index contributed by atoms with van der Waals surface area (Å²) in [6.45, 7) is 4.11. The van der Waals surface area contributed by atoms with Crippen LogP contribution in [0.4, 0.5) is 9.52 Å². The molecule has 1 aromatic heterocycles. The number of sulfone groups is 1. The van der Waals surface area contributed by atoms with E-state index < -0.39 is 21.5 Å². The van der Waals surface area contributed by atoms with Crippen LogP contribution < -0.4 is 4.90 Å². The molecule has 32 heavy (non-hydrogen) atoms. The predicted octanol–water partition coefficient (Wildman–Crippen LogP) is 2.96. The second-order valence-corrected chi connectivity index (χ2v) is 10.5. The van der Waals surface area contributed by atoms with Crippen molar-refractivity contribution >= 4 is 42.4 Å². The molecule has 0 radical (unpaired) electrons. The molecule has 170 valence electrons. The number of amides is 1. The Morgan fingerprint density at radius 1 is 1.16 bits per heavy atom. The van der Waals surface area contributed by atoms with Gasteiger partial charge in [-0.2, -0.15) is 0 Å². The molecule has 0 N–H and O–H groups in total. The van der Waals surface area contributed by atoms with Crippen molar-refractivity contribution in [3.05, 3.63) is 54.3 Å². The van der Waals surface area contributed by atoms with Crippen molar-refractivity contribution in [2.45, 2.75) is 11.3 Å². The average Bonchev–Trinajstić information content (AvgIpc) is 3.20. The lowest BCUT2D eigenvalue weighted by atomic mass is 10.3. The molecule has 3 aromatic rings. The zero-order valence-electron chi connectivity index (χ0n) is 17.4. The summed E-state index contributed by atoms with van der Waals surface area (Å²) >= 11 is 1.18. The van der Waals surface area contributed by atoms with Gasteiger partial charge in [0.05, 0.1) is 28.3 Å². The van der Waals surface area contributed by atoms with E-state index in [4.69, 9.17) is 4.74 Å². The lowest BCUT2D eigenvalue weighted by molar-refractivity contribution is -0.116. The van der Waals surface area contributed by atoms with Gasteiger partial charge in [0.15, 0.2) is 15.0 Å². The van der Waals surface area contributed by atoms with Crippen LogP contribution in [-0.2, 0) is 19.4 Å². The molecule has 4 rings (SSSR count). The molecule has 0 saturated carbocycles. The number of rotatable bonds is 8. The molecule has 0 spiro atoms. The molecule has 0 unspecified atom stereocenters. The number of aromatic nitrogens is 1. The highest BCUT2D eigenvalue weighted by Crippen LogP contribution is 2.30. The minimum absolute atomic E-state index is 0.105. The van der Waals surface area contributed by atoms with E-state index in [1.807, 2.05) is 0 Å². The Balaban J connectivity index is 1.54. The van der Waals surface area contributed by atoms with Crippen molar-refractivity contribution in [2.75, 3.05) is 50.0 Å². The fourth-order valence-corrected chi connectivity index (χ4v) is 5.81. The van der Waals surface area contributed by atoms with E-state index in [1.54, 1.807) is 24.3 Å². The molecule has 1 fully saturated rings. The number of carbonyl (C=O) groups is 1. The summed E-state index contributed by atoms with van der Waals surface area (Å²) in [7, 11) is -3.80. The maximum Gasteiger partial charge on any atom is 0.244 e. The van der Waals surface area contributed by atoms with Crippen molar-refractivity contribution in [1.82, 2.24) is 9.88 Å². The van der Waals surface area contributed by atoms with Gasteiger partial charge in [-0.1, -0.05) is 29.5 Å². The van der Waals surface area contributed by atoms with Gasteiger partial charge in [0, 0.05) is 26.2 Å². The van der Waals surface area contributed by atoms with Crippen LogP contribution in [0.3, 0.4) is 0 Å². The van der Waals surface area contributed by atoms with E-state index in [0.717, 1.165) is 19.6 Å². The molecule has 1 aliphatic heterocycles. The van der Waals surface area contributed by atoms with E-state index in [1.165, 1.54) is 40.5 Å². The topological polar surface area (TPSA) is 79.8 Å². The maximum atomic E-state index is 13.6. The van der Waals surface area contributed by atoms with Crippen LogP contribution in [0.25, 0.3) is 10.2 Å². The van der Waals surface area contributed by atoms with Crippen LogP contribution in [0.1, 0.15) is 6.42 Å². The number of morpholine rings is 1. The Morgan fingerprint density at radius 3 is 2.66 bits per heavy atom. The average molecular weight is 478 g/mol. The zero-order valence-corrected chi connectivity index (χ0v) is 19.1. The second kappa shape index (κ2) is 10.0. The number of thiazole rings is 1. The van der Waals surface area contributed by atoms with Crippen molar-refractivity contribution in [2.24, 2.45) is 0 Å². The second-order valence-electron chi connectivity index (χ2n) is 7.53. The molecule has 0 aliphatic carbocycles. The normalized spacial score (nSPS) is 15.2. The van der Waals surface area contributed by atoms with Gasteiger partial charge in [-0.05, 0) is 36.8 Å². The highest BCUT2D eigenvalue weighted by molar-refractivity contribution is 7.92. The van der Waals surface area contributed by atoms with E-state index in [0.29, 0.717) is 41.5 Å². The van der Waals surface area contributed by atoms with Crippen LogP contribution in [0.2, 0.25) is 0 Å². The molecule has 2 heterocycles. The number of ether oxygens (including phenoxy) is 1. The first-order valence-electron chi connectivity index (χ1n) is 10.4. The number of halogens is 1. The number of hydrogen-bond donors (Lipinski definition) is 0. The molecule has 0 atom stereocenters. The molecule has 2 aromatic carbocycles. The number of carbonyl (C=O) groups excluding carboxylic acids is 1. The molecule has 10 heteroatoms. The summed E-state index contributed by atoms with van der Waals surface area (Å²) in [4.78, 5) is 21.4. The maximum absolute atomic E-state index is 13.6. The molecule has 1 saturated heterocycles. The number of nitrogens with zero attached hydrogens (tertiary/aromatic N) is 3. The first kappa shape index (κ1) is 22.8. The van der Waals surface area contributed by atoms with E-state index >= 15 is 0 Å². The summed E-state index contributed by atoms with van der Waals surface area (Å²) in [5.74, 6) is -1.58. The van der Waals surface area contributed by atoms with Gasteiger partial charge in [-0.25, -0.2) is 17.8 Å². The van der Waals surface area contributed by atoms with Gasteiger partial charge in [0.25, 0.3) is 0 Å². The number of benzene rings is 2. The smallest absolute Gasteiger partial charge is 0.244 e.